The van der Waals surface area contributed by atoms with Crippen LogP contribution >= 0.6 is 0 Å². The van der Waals surface area contributed by atoms with Crippen LogP contribution in [0.15, 0.2) is 67.4 Å². The first-order valence-electron chi connectivity index (χ1n) is 8.09. The van der Waals surface area contributed by atoms with E-state index in [4.69, 9.17) is 4.74 Å². The first-order chi connectivity index (χ1) is 12.4. The molecule has 2 aromatic carbocycles. The van der Waals surface area contributed by atoms with Crippen molar-refractivity contribution < 1.29 is 4.74 Å². The molecule has 0 radical (unpaired) electrons. The Balaban J connectivity index is 1.55. The van der Waals surface area contributed by atoms with Gasteiger partial charge >= 0.3 is 0 Å². The van der Waals surface area contributed by atoms with E-state index in [-0.39, 0.29) is 0 Å². The van der Waals surface area contributed by atoms with Crippen molar-refractivity contribution in [3.63, 3.8) is 0 Å². The smallest absolute Gasteiger partial charge is 0.160 e. The van der Waals surface area contributed by atoms with Gasteiger partial charge in [0.25, 0.3) is 0 Å². The van der Waals surface area contributed by atoms with Crippen molar-refractivity contribution in [3.05, 3.63) is 78.6 Å². The average Bonchev–Trinajstić information content (AvgIpc) is 3.29. The maximum Gasteiger partial charge on any atom is 0.160 e. The Morgan fingerprint density at radius 3 is 2.92 bits per heavy atom. The molecule has 6 heteroatoms. The van der Waals surface area contributed by atoms with Crippen LogP contribution in [0.5, 0.6) is 5.75 Å². The predicted octanol–water partition coefficient (Wildman–Crippen LogP) is 3.07. The monoisotopic (exact) mass is 329 g/mol. The zero-order chi connectivity index (χ0) is 16.6. The number of aromatic nitrogens is 5. The second-order valence-corrected chi connectivity index (χ2v) is 5.95. The molecule has 0 amide bonds. The molecule has 0 saturated carbocycles. The second kappa shape index (κ2) is 5.59. The summed E-state index contributed by atoms with van der Waals surface area (Å²) in [6.45, 7) is 1.17. The van der Waals surface area contributed by atoms with Crippen LogP contribution in [0, 0.1) is 0 Å². The van der Waals surface area contributed by atoms with E-state index in [1.165, 1.54) is 0 Å². The Hall–Kier alpha value is -3.41. The van der Waals surface area contributed by atoms with Crippen molar-refractivity contribution in [2.45, 2.75) is 13.2 Å². The third-order valence-corrected chi connectivity index (χ3v) is 4.36. The number of nitrogens with zero attached hydrogens (tertiary/aromatic N) is 5. The highest BCUT2D eigenvalue weighted by atomic mass is 16.5. The van der Waals surface area contributed by atoms with Gasteiger partial charge in [-0.3, -0.25) is 0 Å². The molecule has 1 aliphatic heterocycles. The molecule has 6 nitrogen and oxygen atoms in total. The van der Waals surface area contributed by atoms with Gasteiger partial charge in [0, 0.05) is 5.56 Å². The van der Waals surface area contributed by atoms with Gasteiger partial charge in [-0.15, -0.1) is 0 Å². The number of hydrogen-bond acceptors (Lipinski definition) is 4. The Morgan fingerprint density at radius 1 is 1.08 bits per heavy atom. The highest BCUT2D eigenvalue weighted by molar-refractivity contribution is 5.70. The van der Waals surface area contributed by atoms with Crippen molar-refractivity contribution in [3.8, 4) is 22.8 Å². The lowest BCUT2D eigenvalue weighted by atomic mass is 10.1. The van der Waals surface area contributed by atoms with Crippen LogP contribution in [-0.2, 0) is 13.2 Å². The summed E-state index contributed by atoms with van der Waals surface area (Å²) in [5, 5.41) is 4.34. The van der Waals surface area contributed by atoms with E-state index < -0.39 is 0 Å². The lowest BCUT2D eigenvalue weighted by molar-refractivity contribution is 0.306. The van der Waals surface area contributed by atoms with Gasteiger partial charge in [-0.05, 0) is 23.8 Å². The molecule has 0 aliphatic carbocycles. The van der Waals surface area contributed by atoms with E-state index in [2.05, 4.69) is 31.8 Å². The molecular weight excluding hydrogens is 314 g/mol. The largest absolute Gasteiger partial charge is 0.489 e. The highest BCUT2D eigenvalue weighted by Crippen LogP contribution is 2.33. The van der Waals surface area contributed by atoms with Gasteiger partial charge in [0.15, 0.2) is 5.82 Å². The molecule has 0 spiro atoms. The third kappa shape index (κ3) is 2.39. The maximum absolute atomic E-state index is 5.98. The molecule has 0 fully saturated rings. The summed E-state index contributed by atoms with van der Waals surface area (Å²) in [6.07, 6.45) is 5.27. The molecule has 5 rings (SSSR count). The van der Waals surface area contributed by atoms with Crippen LogP contribution in [0.2, 0.25) is 0 Å². The fourth-order valence-corrected chi connectivity index (χ4v) is 3.13. The van der Waals surface area contributed by atoms with Gasteiger partial charge in [0.05, 0.1) is 30.5 Å². The average molecular weight is 329 g/mol. The minimum Gasteiger partial charge on any atom is -0.489 e. The minimum absolute atomic E-state index is 0.530. The highest BCUT2D eigenvalue weighted by Gasteiger charge is 2.21. The van der Waals surface area contributed by atoms with E-state index in [1.54, 1.807) is 6.33 Å². The molecule has 25 heavy (non-hydrogen) atoms. The SMILES string of the molecule is c1ccc(COc2ccc3c(c2)-c2ncnn2Cc2cncn2-3)cc1. The molecule has 122 valence electrons. The third-order valence-electron chi connectivity index (χ3n) is 4.36. The number of imidazole rings is 1. The molecule has 1 aliphatic rings. The van der Waals surface area contributed by atoms with Crippen molar-refractivity contribution in [1.29, 1.82) is 0 Å². The molecule has 3 heterocycles. The number of fused-ring (bicyclic) bond motifs is 5. The Bertz CT molecular complexity index is 1030. The van der Waals surface area contributed by atoms with Gasteiger partial charge in [-0.2, -0.15) is 5.10 Å². The van der Waals surface area contributed by atoms with Crippen LogP contribution in [0.3, 0.4) is 0 Å². The van der Waals surface area contributed by atoms with Crippen LogP contribution in [0.1, 0.15) is 11.3 Å². The zero-order valence-electron chi connectivity index (χ0n) is 13.4. The quantitative estimate of drug-likeness (QED) is 0.510. The van der Waals surface area contributed by atoms with E-state index in [0.29, 0.717) is 13.2 Å². The second-order valence-electron chi connectivity index (χ2n) is 5.95. The van der Waals surface area contributed by atoms with Crippen molar-refractivity contribution >= 4 is 0 Å². The van der Waals surface area contributed by atoms with Crippen molar-refractivity contribution in [2.75, 3.05) is 0 Å². The first kappa shape index (κ1) is 14.0. The van der Waals surface area contributed by atoms with Crippen LogP contribution in [0.4, 0.5) is 0 Å². The fourth-order valence-electron chi connectivity index (χ4n) is 3.13. The zero-order valence-corrected chi connectivity index (χ0v) is 13.4. The Kier molecular flexibility index (Phi) is 3.13. The molecule has 0 unspecified atom stereocenters. The van der Waals surface area contributed by atoms with Gasteiger partial charge in [-0.25, -0.2) is 14.6 Å². The summed E-state index contributed by atoms with van der Waals surface area (Å²) in [5.74, 6) is 1.64. The normalized spacial score (nSPS) is 12.0. The minimum atomic E-state index is 0.530. The molecule has 0 bridgehead atoms. The summed E-state index contributed by atoms with van der Waals surface area (Å²) < 4.78 is 9.94. The molecule has 2 aromatic heterocycles. The molecule has 0 saturated heterocycles. The number of benzene rings is 2. The molecule has 0 N–H and O–H groups in total. The Labute approximate surface area is 144 Å². The summed E-state index contributed by atoms with van der Waals surface area (Å²) >= 11 is 0. The van der Waals surface area contributed by atoms with E-state index in [1.807, 2.05) is 53.6 Å². The first-order valence-corrected chi connectivity index (χ1v) is 8.09. The number of rotatable bonds is 3. The summed E-state index contributed by atoms with van der Waals surface area (Å²) in [5.41, 5.74) is 4.23. The van der Waals surface area contributed by atoms with Gasteiger partial charge in [0.2, 0.25) is 0 Å². The maximum atomic E-state index is 5.98. The summed E-state index contributed by atoms with van der Waals surface area (Å²) in [7, 11) is 0. The predicted molar refractivity (Wildman–Crippen MR) is 92.5 cm³/mol. The van der Waals surface area contributed by atoms with Gasteiger partial charge in [-0.1, -0.05) is 30.3 Å². The standard InChI is InChI=1S/C19H15N5O/c1-2-4-14(5-3-1)11-25-16-6-7-18-17(8-16)19-21-12-22-24(19)10-15-9-20-13-23(15)18/h1-9,12-13H,10-11H2. The van der Waals surface area contributed by atoms with Crippen molar-refractivity contribution in [1.82, 2.24) is 24.3 Å². The number of hydrogen-bond donors (Lipinski definition) is 0. The topological polar surface area (TPSA) is 57.8 Å². The van der Waals surface area contributed by atoms with E-state index in [0.717, 1.165) is 34.1 Å². The lowest BCUT2D eigenvalue weighted by Gasteiger charge is -2.12. The number of ether oxygens (including phenoxy) is 1. The van der Waals surface area contributed by atoms with Crippen LogP contribution in [0.25, 0.3) is 17.1 Å². The van der Waals surface area contributed by atoms with E-state index in [9.17, 15) is 0 Å². The van der Waals surface area contributed by atoms with Crippen molar-refractivity contribution in [2.24, 2.45) is 0 Å². The van der Waals surface area contributed by atoms with Crippen LogP contribution < -0.4 is 4.74 Å². The fraction of sp³-hybridized carbons (Fsp3) is 0.105. The van der Waals surface area contributed by atoms with Gasteiger partial charge < -0.3 is 9.30 Å². The molecule has 4 aromatic rings. The lowest BCUT2D eigenvalue weighted by Crippen LogP contribution is -2.03. The van der Waals surface area contributed by atoms with E-state index >= 15 is 0 Å². The summed E-state index contributed by atoms with van der Waals surface area (Å²) in [4.78, 5) is 8.71. The molecular formula is C19H15N5O. The Morgan fingerprint density at radius 2 is 2.00 bits per heavy atom. The van der Waals surface area contributed by atoms with Crippen LogP contribution in [-0.4, -0.2) is 24.3 Å². The molecule has 0 atom stereocenters. The van der Waals surface area contributed by atoms with Gasteiger partial charge in [0.1, 0.15) is 18.7 Å². The summed E-state index contributed by atoms with van der Waals surface area (Å²) in [6, 6.07) is 16.2.